The number of hydrogen-bond acceptors (Lipinski definition) is 2. The number of hydrogen-bond donors (Lipinski definition) is 0. The highest BCUT2D eigenvalue weighted by Gasteiger charge is 2.35. The lowest BCUT2D eigenvalue weighted by Gasteiger charge is -2.26. The molecule has 0 aromatic rings. The van der Waals surface area contributed by atoms with E-state index < -0.39 is 6.17 Å². The Morgan fingerprint density at radius 3 is 2.57 bits per heavy atom. The van der Waals surface area contributed by atoms with Gasteiger partial charge in [-0.05, 0) is 27.3 Å². The summed E-state index contributed by atoms with van der Waals surface area (Å²) in [5.74, 6) is 2.60. The summed E-state index contributed by atoms with van der Waals surface area (Å²) in [7, 11) is 1.89. The molecule has 1 rings (SSSR count). The fourth-order valence-electron chi connectivity index (χ4n) is 1.85. The second kappa shape index (κ2) is 4.77. The van der Waals surface area contributed by atoms with Crippen molar-refractivity contribution in [2.45, 2.75) is 44.7 Å². The molecule has 0 aromatic carbocycles. The monoisotopic (exact) mass is 199 g/mol. The van der Waals surface area contributed by atoms with Crippen LogP contribution in [-0.4, -0.2) is 42.9 Å². The first-order chi connectivity index (χ1) is 6.54. The van der Waals surface area contributed by atoms with Gasteiger partial charge in [0.25, 0.3) is 0 Å². The third kappa shape index (κ3) is 2.70. The Balaban J connectivity index is 2.57. The molecule has 0 N–H and O–H groups in total. The number of ether oxygens (including phenoxy) is 1. The molecule has 0 amide bonds. The smallest absolute Gasteiger partial charge is 0.133 e. The summed E-state index contributed by atoms with van der Waals surface area (Å²) in [5, 5.41) is 0. The summed E-state index contributed by atoms with van der Waals surface area (Å²) in [5.41, 5.74) is 0. The molecule has 0 aliphatic carbocycles. The predicted octanol–water partition coefficient (Wildman–Crippen LogP) is 1.46. The van der Waals surface area contributed by atoms with Crippen LogP contribution < -0.4 is 0 Å². The topological polar surface area (TPSA) is 12.5 Å². The summed E-state index contributed by atoms with van der Waals surface area (Å²) in [6.45, 7) is 4.34. The fraction of sp³-hybridized carbons (Fsp3) is 0.818. The first-order valence-corrected chi connectivity index (χ1v) is 5.00. The lowest BCUT2D eigenvalue weighted by molar-refractivity contribution is 0.00179. The number of terminal acetylenes is 1. The average molecular weight is 199 g/mol. The SMILES string of the molecule is C#C[C@H](OC(C)C)[C@@H]1C[C@@H](F)CN1C. The molecule has 0 saturated carbocycles. The van der Waals surface area contributed by atoms with Crippen LogP contribution in [0.15, 0.2) is 0 Å². The number of likely N-dealkylation sites (tertiary alicyclic amines) is 1. The number of rotatable bonds is 3. The lowest BCUT2D eigenvalue weighted by Crippen LogP contribution is -2.38. The Morgan fingerprint density at radius 1 is 1.57 bits per heavy atom. The zero-order chi connectivity index (χ0) is 10.7. The van der Waals surface area contributed by atoms with Gasteiger partial charge in [0.1, 0.15) is 12.3 Å². The Labute approximate surface area is 85.4 Å². The van der Waals surface area contributed by atoms with Gasteiger partial charge in [-0.15, -0.1) is 6.42 Å². The second-order valence-electron chi connectivity index (χ2n) is 4.11. The molecule has 1 aliphatic heterocycles. The second-order valence-corrected chi connectivity index (χ2v) is 4.11. The summed E-state index contributed by atoms with van der Waals surface area (Å²) in [6.07, 6.45) is 4.90. The summed E-state index contributed by atoms with van der Waals surface area (Å²) >= 11 is 0. The third-order valence-corrected chi connectivity index (χ3v) is 2.48. The van der Waals surface area contributed by atoms with E-state index in [-0.39, 0.29) is 18.2 Å². The largest absolute Gasteiger partial charge is 0.361 e. The predicted molar refractivity (Wildman–Crippen MR) is 54.8 cm³/mol. The fourth-order valence-corrected chi connectivity index (χ4v) is 1.85. The molecule has 1 fully saturated rings. The van der Waals surface area contributed by atoms with Crippen LogP contribution in [0.3, 0.4) is 0 Å². The van der Waals surface area contributed by atoms with E-state index >= 15 is 0 Å². The molecule has 1 heterocycles. The highest BCUT2D eigenvalue weighted by atomic mass is 19.1. The van der Waals surface area contributed by atoms with Gasteiger partial charge < -0.3 is 4.74 Å². The molecular weight excluding hydrogens is 181 g/mol. The van der Waals surface area contributed by atoms with E-state index in [4.69, 9.17) is 11.2 Å². The Kier molecular flexibility index (Phi) is 3.91. The Bertz CT molecular complexity index is 224. The van der Waals surface area contributed by atoms with Crippen molar-refractivity contribution in [3.63, 3.8) is 0 Å². The molecule has 0 bridgehead atoms. The van der Waals surface area contributed by atoms with Crippen LogP contribution in [0.2, 0.25) is 0 Å². The molecule has 0 radical (unpaired) electrons. The van der Waals surface area contributed by atoms with E-state index in [9.17, 15) is 4.39 Å². The minimum atomic E-state index is -0.767. The Hall–Kier alpha value is -0.590. The zero-order valence-corrected chi connectivity index (χ0v) is 9.03. The summed E-state index contributed by atoms with van der Waals surface area (Å²) < 4.78 is 18.7. The quantitative estimate of drug-likeness (QED) is 0.638. The van der Waals surface area contributed by atoms with E-state index in [1.807, 2.05) is 25.8 Å². The van der Waals surface area contributed by atoms with Crippen molar-refractivity contribution in [2.75, 3.05) is 13.6 Å². The molecule has 3 heteroatoms. The summed E-state index contributed by atoms with van der Waals surface area (Å²) in [4.78, 5) is 1.94. The molecule has 0 unspecified atom stereocenters. The van der Waals surface area contributed by atoms with Gasteiger partial charge in [0.2, 0.25) is 0 Å². The van der Waals surface area contributed by atoms with Crippen LogP contribution in [0.1, 0.15) is 20.3 Å². The molecule has 1 aliphatic rings. The van der Waals surface area contributed by atoms with Crippen LogP contribution in [0.5, 0.6) is 0 Å². The van der Waals surface area contributed by atoms with Crippen molar-refractivity contribution in [1.29, 1.82) is 0 Å². The molecular formula is C11H18FNO. The van der Waals surface area contributed by atoms with Gasteiger partial charge >= 0.3 is 0 Å². The van der Waals surface area contributed by atoms with E-state index in [2.05, 4.69) is 5.92 Å². The van der Waals surface area contributed by atoms with Gasteiger partial charge in [0.15, 0.2) is 0 Å². The Morgan fingerprint density at radius 2 is 2.21 bits per heavy atom. The summed E-state index contributed by atoms with van der Waals surface area (Å²) in [6, 6.07) is 0.0254. The van der Waals surface area contributed by atoms with E-state index in [0.717, 1.165) is 0 Å². The number of alkyl halides is 1. The van der Waals surface area contributed by atoms with Crippen LogP contribution in [0.25, 0.3) is 0 Å². The van der Waals surface area contributed by atoms with Crippen LogP contribution in [0.4, 0.5) is 4.39 Å². The minimum absolute atomic E-state index is 0.0254. The molecule has 2 nitrogen and oxygen atoms in total. The number of nitrogens with zero attached hydrogens (tertiary/aromatic N) is 1. The van der Waals surface area contributed by atoms with Crippen molar-refractivity contribution in [1.82, 2.24) is 4.90 Å². The maximum Gasteiger partial charge on any atom is 0.133 e. The van der Waals surface area contributed by atoms with Crippen molar-refractivity contribution in [3.05, 3.63) is 0 Å². The first kappa shape index (κ1) is 11.5. The van der Waals surface area contributed by atoms with Gasteiger partial charge in [-0.25, -0.2) is 4.39 Å². The normalized spacial score (nSPS) is 30.6. The van der Waals surface area contributed by atoms with Gasteiger partial charge in [-0.2, -0.15) is 0 Å². The van der Waals surface area contributed by atoms with Crippen LogP contribution in [0, 0.1) is 12.3 Å². The number of halogens is 1. The lowest BCUT2D eigenvalue weighted by atomic mass is 10.1. The van der Waals surface area contributed by atoms with E-state index in [1.165, 1.54) is 0 Å². The maximum atomic E-state index is 13.1. The van der Waals surface area contributed by atoms with Crippen LogP contribution >= 0.6 is 0 Å². The number of likely N-dealkylation sites (N-methyl/N-ethyl adjacent to an activating group) is 1. The van der Waals surface area contributed by atoms with E-state index in [1.54, 1.807) is 0 Å². The minimum Gasteiger partial charge on any atom is -0.361 e. The van der Waals surface area contributed by atoms with Gasteiger partial charge in [0.05, 0.1) is 6.10 Å². The van der Waals surface area contributed by atoms with Crippen molar-refractivity contribution in [2.24, 2.45) is 0 Å². The zero-order valence-electron chi connectivity index (χ0n) is 9.03. The average Bonchev–Trinajstić information content (AvgIpc) is 2.41. The standard InChI is InChI=1S/C11H18FNO/c1-5-11(14-8(2)3)10-6-9(12)7-13(10)4/h1,8-11H,6-7H2,2-4H3/t9-,10+,11+/m1/s1. The van der Waals surface area contributed by atoms with Gasteiger partial charge in [0, 0.05) is 12.6 Å². The molecule has 3 atom stereocenters. The highest BCUT2D eigenvalue weighted by molar-refractivity contribution is 5.04. The van der Waals surface area contributed by atoms with Crippen molar-refractivity contribution in [3.8, 4) is 12.3 Å². The first-order valence-electron chi connectivity index (χ1n) is 5.00. The molecule has 1 saturated heterocycles. The highest BCUT2D eigenvalue weighted by Crippen LogP contribution is 2.23. The third-order valence-electron chi connectivity index (χ3n) is 2.48. The maximum absolute atomic E-state index is 13.1. The molecule has 14 heavy (non-hydrogen) atoms. The van der Waals surface area contributed by atoms with Crippen molar-refractivity contribution < 1.29 is 9.13 Å². The van der Waals surface area contributed by atoms with Gasteiger partial charge in [-0.3, -0.25) is 4.90 Å². The molecule has 0 aromatic heterocycles. The molecule has 0 spiro atoms. The molecule has 80 valence electrons. The van der Waals surface area contributed by atoms with Crippen molar-refractivity contribution >= 4 is 0 Å². The van der Waals surface area contributed by atoms with Gasteiger partial charge in [-0.1, -0.05) is 5.92 Å². The van der Waals surface area contributed by atoms with E-state index in [0.29, 0.717) is 13.0 Å². The van der Waals surface area contributed by atoms with Crippen LogP contribution in [-0.2, 0) is 4.74 Å².